The van der Waals surface area contributed by atoms with Crippen LogP contribution >= 0.6 is 0 Å². The van der Waals surface area contributed by atoms with E-state index in [-0.39, 0.29) is 5.91 Å². The highest BCUT2D eigenvalue weighted by Gasteiger charge is 2.04. The molecule has 4 nitrogen and oxygen atoms in total. The molecule has 2 aromatic carbocycles. The molecule has 0 fully saturated rings. The zero-order valence-electron chi connectivity index (χ0n) is 16.2. The third-order valence-electron chi connectivity index (χ3n) is 4.91. The molecular formula is C25H23N3O. The molecule has 0 aliphatic heterocycles. The van der Waals surface area contributed by atoms with Crippen LogP contribution in [0.15, 0.2) is 85.1 Å². The Morgan fingerprint density at radius 3 is 2.45 bits per heavy atom. The maximum absolute atomic E-state index is 12.2. The van der Waals surface area contributed by atoms with Crippen LogP contribution in [-0.2, 0) is 17.8 Å². The Morgan fingerprint density at radius 1 is 0.828 bits per heavy atom. The van der Waals surface area contributed by atoms with Crippen LogP contribution in [-0.4, -0.2) is 15.9 Å². The summed E-state index contributed by atoms with van der Waals surface area (Å²) in [7, 11) is 0. The minimum Gasteiger partial charge on any atom is -0.352 e. The molecule has 4 heteroatoms. The molecule has 4 aromatic rings. The van der Waals surface area contributed by atoms with E-state index in [0.29, 0.717) is 13.0 Å². The summed E-state index contributed by atoms with van der Waals surface area (Å²) >= 11 is 0. The van der Waals surface area contributed by atoms with Crippen LogP contribution in [0.25, 0.3) is 22.2 Å². The predicted octanol–water partition coefficient (Wildman–Crippen LogP) is 4.94. The molecule has 0 spiro atoms. The SMILES string of the molecule is O=C(CCCc1ccc2cccnc2n1)NCc1ccc(-c2ccccc2)cc1. The van der Waals surface area contributed by atoms with Gasteiger partial charge in [-0.25, -0.2) is 9.97 Å². The lowest BCUT2D eigenvalue weighted by Gasteiger charge is -2.07. The second kappa shape index (κ2) is 9.11. The molecule has 2 aromatic heterocycles. The van der Waals surface area contributed by atoms with Gasteiger partial charge in [0.1, 0.15) is 0 Å². The maximum Gasteiger partial charge on any atom is 0.220 e. The van der Waals surface area contributed by atoms with Crippen LogP contribution in [0, 0.1) is 0 Å². The first-order chi connectivity index (χ1) is 14.3. The molecule has 0 aliphatic carbocycles. The van der Waals surface area contributed by atoms with Crippen molar-refractivity contribution >= 4 is 16.9 Å². The number of benzene rings is 2. The fourth-order valence-electron chi connectivity index (χ4n) is 3.30. The minimum absolute atomic E-state index is 0.0658. The van der Waals surface area contributed by atoms with Gasteiger partial charge in [0.2, 0.25) is 5.91 Å². The lowest BCUT2D eigenvalue weighted by Crippen LogP contribution is -2.22. The monoisotopic (exact) mass is 381 g/mol. The van der Waals surface area contributed by atoms with Gasteiger partial charge >= 0.3 is 0 Å². The van der Waals surface area contributed by atoms with E-state index in [1.54, 1.807) is 6.20 Å². The summed E-state index contributed by atoms with van der Waals surface area (Å²) in [6.45, 7) is 0.548. The topological polar surface area (TPSA) is 54.9 Å². The molecule has 4 rings (SSSR count). The fourth-order valence-corrected chi connectivity index (χ4v) is 3.30. The molecule has 2 heterocycles. The number of aryl methyl sites for hydroxylation is 1. The number of rotatable bonds is 7. The zero-order chi connectivity index (χ0) is 19.9. The second-order valence-electron chi connectivity index (χ2n) is 7.05. The quantitative estimate of drug-likeness (QED) is 0.493. The summed E-state index contributed by atoms with van der Waals surface area (Å²) in [4.78, 5) is 21.0. The first kappa shape index (κ1) is 18.8. The maximum atomic E-state index is 12.2. The molecule has 1 N–H and O–H groups in total. The number of hydrogen-bond acceptors (Lipinski definition) is 3. The Morgan fingerprint density at radius 2 is 1.62 bits per heavy atom. The van der Waals surface area contributed by atoms with E-state index in [1.165, 1.54) is 11.1 Å². The van der Waals surface area contributed by atoms with Crippen molar-refractivity contribution in [3.8, 4) is 11.1 Å². The number of pyridine rings is 2. The van der Waals surface area contributed by atoms with Crippen molar-refractivity contribution in [3.63, 3.8) is 0 Å². The summed E-state index contributed by atoms with van der Waals surface area (Å²) in [6.07, 6.45) is 3.78. The van der Waals surface area contributed by atoms with E-state index in [2.05, 4.69) is 51.7 Å². The van der Waals surface area contributed by atoms with Gasteiger partial charge in [0, 0.05) is 30.2 Å². The van der Waals surface area contributed by atoms with Crippen molar-refractivity contribution in [2.75, 3.05) is 0 Å². The van der Waals surface area contributed by atoms with Crippen LogP contribution in [0.5, 0.6) is 0 Å². The molecule has 0 saturated carbocycles. The fraction of sp³-hybridized carbons (Fsp3) is 0.160. The van der Waals surface area contributed by atoms with Gasteiger partial charge in [0.25, 0.3) is 0 Å². The molecule has 0 unspecified atom stereocenters. The number of hydrogen-bond donors (Lipinski definition) is 1. The van der Waals surface area contributed by atoms with Gasteiger partial charge in [-0.1, -0.05) is 54.6 Å². The Bertz CT molecular complexity index is 1090. The highest BCUT2D eigenvalue weighted by Crippen LogP contribution is 2.19. The van der Waals surface area contributed by atoms with Crippen molar-refractivity contribution in [3.05, 3.63) is 96.3 Å². The van der Waals surface area contributed by atoms with Gasteiger partial charge in [-0.3, -0.25) is 4.79 Å². The molecule has 144 valence electrons. The molecule has 29 heavy (non-hydrogen) atoms. The van der Waals surface area contributed by atoms with E-state index in [4.69, 9.17) is 0 Å². The van der Waals surface area contributed by atoms with E-state index in [9.17, 15) is 4.79 Å². The molecule has 0 saturated heterocycles. The van der Waals surface area contributed by atoms with Gasteiger partial charge in [-0.2, -0.15) is 0 Å². The highest BCUT2D eigenvalue weighted by atomic mass is 16.1. The Balaban J connectivity index is 1.23. The summed E-state index contributed by atoms with van der Waals surface area (Å²) in [5, 5.41) is 4.04. The predicted molar refractivity (Wildman–Crippen MR) is 116 cm³/mol. The first-order valence-corrected chi connectivity index (χ1v) is 9.90. The number of nitrogens with zero attached hydrogens (tertiary/aromatic N) is 2. The average Bonchev–Trinajstić information content (AvgIpc) is 2.78. The van der Waals surface area contributed by atoms with Crippen LogP contribution in [0.1, 0.15) is 24.1 Å². The highest BCUT2D eigenvalue weighted by molar-refractivity contribution is 5.76. The molecule has 1 amide bonds. The third-order valence-corrected chi connectivity index (χ3v) is 4.91. The number of fused-ring (bicyclic) bond motifs is 1. The summed E-state index contributed by atoms with van der Waals surface area (Å²) in [6, 6.07) is 26.5. The lowest BCUT2D eigenvalue weighted by atomic mass is 10.0. The van der Waals surface area contributed by atoms with Gasteiger partial charge in [0.15, 0.2) is 5.65 Å². The van der Waals surface area contributed by atoms with Crippen LogP contribution in [0.2, 0.25) is 0 Å². The van der Waals surface area contributed by atoms with E-state index < -0.39 is 0 Å². The molecule has 0 atom stereocenters. The van der Waals surface area contributed by atoms with E-state index in [0.717, 1.165) is 35.1 Å². The van der Waals surface area contributed by atoms with Crippen molar-refractivity contribution in [1.82, 2.24) is 15.3 Å². The van der Waals surface area contributed by atoms with Crippen LogP contribution in [0.3, 0.4) is 0 Å². The standard InChI is InChI=1S/C25H23N3O/c29-24(10-4-9-23-16-15-22-8-5-17-26-25(22)28-23)27-18-19-11-13-21(14-12-19)20-6-2-1-3-7-20/h1-3,5-8,11-17H,4,9-10,18H2,(H,27,29). The van der Waals surface area contributed by atoms with Crippen molar-refractivity contribution in [1.29, 1.82) is 0 Å². The van der Waals surface area contributed by atoms with Gasteiger partial charge in [0.05, 0.1) is 0 Å². The largest absolute Gasteiger partial charge is 0.352 e. The van der Waals surface area contributed by atoms with Crippen molar-refractivity contribution < 1.29 is 4.79 Å². The van der Waals surface area contributed by atoms with E-state index >= 15 is 0 Å². The van der Waals surface area contributed by atoms with Gasteiger partial charge < -0.3 is 5.32 Å². The number of aromatic nitrogens is 2. The molecular weight excluding hydrogens is 358 g/mol. The average molecular weight is 381 g/mol. The summed E-state index contributed by atoms with van der Waals surface area (Å²) in [5.74, 6) is 0.0658. The number of nitrogens with one attached hydrogen (secondary N) is 1. The number of carbonyl (C=O) groups is 1. The molecule has 0 radical (unpaired) electrons. The number of amides is 1. The minimum atomic E-state index is 0.0658. The van der Waals surface area contributed by atoms with E-state index in [1.807, 2.05) is 42.5 Å². The Hall–Kier alpha value is -3.53. The summed E-state index contributed by atoms with van der Waals surface area (Å²) < 4.78 is 0. The third kappa shape index (κ3) is 5.05. The smallest absolute Gasteiger partial charge is 0.220 e. The Kier molecular flexibility index (Phi) is 5.91. The molecule has 0 bridgehead atoms. The normalized spacial score (nSPS) is 10.8. The zero-order valence-corrected chi connectivity index (χ0v) is 16.2. The van der Waals surface area contributed by atoms with Crippen molar-refractivity contribution in [2.24, 2.45) is 0 Å². The Labute approximate surface area is 170 Å². The van der Waals surface area contributed by atoms with Gasteiger partial charge in [-0.15, -0.1) is 0 Å². The lowest BCUT2D eigenvalue weighted by molar-refractivity contribution is -0.121. The molecule has 0 aliphatic rings. The van der Waals surface area contributed by atoms with Gasteiger partial charge in [-0.05, 0) is 53.8 Å². The number of carbonyl (C=O) groups excluding carboxylic acids is 1. The van der Waals surface area contributed by atoms with Crippen molar-refractivity contribution in [2.45, 2.75) is 25.8 Å². The summed E-state index contributed by atoms with van der Waals surface area (Å²) in [5.41, 5.74) is 5.20. The first-order valence-electron chi connectivity index (χ1n) is 9.90. The van der Waals surface area contributed by atoms with Crippen LogP contribution in [0.4, 0.5) is 0 Å². The second-order valence-corrected chi connectivity index (χ2v) is 7.05. The van der Waals surface area contributed by atoms with Crippen LogP contribution < -0.4 is 5.32 Å².